The molecule has 5 rings (SSSR count). The van der Waals surface area contributed by atoms with Gasteiger partial charge in [-0.05, 0) is 25.1 Å². The summed E-state index contributed by atoms with van der Waals surface area (Å²) in [6.45, 7) is 1.83. The Labute approximate surface area is 193 Å². The summed E-state index contributed by atoms with van der Waals surface area (Å²) in [4.78, 5) is 26.8. The maximum absolute atomic E-state index is 13.9. The summed E-state index contributed by atoms with van der Waals surface area (Å²) in [7, 11) is 0. The Bertz CT molecular complexity index is 1590. The third-order valence-electron chi connectivity index (χ3n) is 5.35. The Morgan fingerprint density at radius 1 is 1.12 bits per heavy atom. The van der Waals surface area contributed by atoms with Gasteiger partial charge in [-0.1, -0.05) is 35.5 Å². The van der Waals surface area contributed by atoms with Gasteiger partial charge in [-0.2, -0.15) is 10.2 Å². The molecular formula is C24H18N8O2. The number of nitrogens with one attached hydrogen (secondary N) is 1. The van der Waals surface area contributed by atoms with Crippen LogP contribution in [0.2, 0.25) is 0 Å². The highest BCUT2D eigenvalue weighted by Gasteiger charge is 2.21. The average Bonchev–Trinajstić information content (AvgIpc) is 3.39. The summed E-state index contributed by atoms with van der Waals surface area (Å²) in [5, 5.41) is 16.8. The van der Waals surface area contributed by atoms with Crippen molar-refractivity contribution in [2.45, 2.75) is 13.0 Å². The highest BCUT2D eigenvalue weighted by atomic mass is 16.5. The van der Waals surface area contributed by atoms with Crippen LogP contribution < -0.4 is 16.6 Å². The summed E-state index contributed by atoms with van der Waals surface area (Å²) in [6, 6.07) is 16.2. The number of fused-ring (bicyclic) bond motifs is 1. The molecule has 3 aromatic heterocycles. The lowest BCUT2D eigenvalue weighted by Gasteiger charge is -2.21. The number of nitrogens with two attached hydrogens (primary N) is 1. The van der Waals surface area contributed by atoms with Crippen LogP contribution in [0.3, 0.4) is 0 Å². The molecule has 0 saturated carbocycles. The molecule has 166 valence electrons. The second kappa shape index (κ2) is 8.48. The first-order valence-corrected chi connectivity index (χ1v) is 10.4. The van der Waals surface area contributed by atoms with Gasteiger partial charge in [0.25, 0.3) is 5.56 Å². The summed E-state index contributed by atoms with van der Waals surface area (Å²) in [5.41, 5.74) is 8.21. The van der Waals surface area contributed by atoms with Crippen LogP contribution in [0.1, 0.15) is 24.4 Å². The van der Waals surface area contributed by atoms with E-state index in [2.05, 4.69) is 20.4 Å². The summed E-state index contributed by atoms with van der Waals surface area (Å²) in [5.74, 6) is 0.723. The first-order chi connectivity index (χ1) is 16.6. The van der Waals surface area contributed by atoms with Crippen LogP contribution in [0.4, 0.5) is 11.8 Å². The Balaban J connectivity index is 1.74. The van der Waals surface area contributed by atoms with E-state index in [4.69, 9.17) is 15.2 Å². The summed E-state index contributed by atoms with van der Waals surface area (Å²) < 4.78 is 6.54. The lowest BCUT2D eigenvalue weighted by Crippen LogP contribution is -2.28. The smallest absolute Gasteiger partial charge is 0.266 e. The van der Waals surface area contributed by atoms with Gasteiger partial charge < -0.3 is 15.6 Å². The minimum Gasteiger partial charge on any atom is -0.368 e. The van der Waals surface area contributed by atoms with Gasteiger partial charge in [0.15, 0.2) is 0 Å². The first-order valence-electron chi connectivity index (χ1n) is 10.4. The lowest BCUT2D eigenvalue weighted by atomic mass is 10.0. The zero-order valence-corrected chi connectivity index (χ0v) is 18.0. The molecule has 0 aliphatic rings. The lowest BCUT2D eigenvalue weighted by molar-refractivity contribution is 0.420. The highest BCUT2D eigenvalue weighted by Crippen LogP contribution is 2.28. The van der Waals surface area contributed by atoms with Crippen molar-refractivity contribution in [1.82, 2.24) is 24.7 Å². The number of hydrogen-bond donors (Lipinski definition) is 2. The molecule has 2 aromatic carbocycles. The maximum Gasteiger partial charge on any atom is 0.266 e. The fourth-order valence-electron chi connectivity index (χ4n) is 3.80. The van der Waals surface area contributed by atoms with E-state index in [1.807, 2.05) is 55.5 Å². The maximum atomic E-state index is 13.9. The largest absolute Gasteiger partial charge is 0.368 e. The van der Waals surface area contributed by atoms with Gasteiger partial charge in [-0.25, -0.2) is 9.97 Å². The second-order valence-corrected chi connectivity index (χ2v) is 7.53. The van der Waals surface area contributed by atoms with E-state index in [0.717, 1.165) is 0 Å². The summed E-state index contributed by atoms with van der Waals surface area (Å²) in [6.07, 6.45) is 4.39. The molecule has 34 heavy (non-hydrogen) atoms. The van der Waals surface area contributed by atoms with Crippen molar-refractivity contribution in [3.05, 3.63) is 88.9 Å². The molecule has 0 bridgehead atoms. The topological polar surface area (TPSA) is 149 Å². The normalized spacial score (nSPS) is 11.8. The number of anilines is 2. The molecule has 0 amide bonds. The fraction of sp³-hybridized carbons (Fsp3) is 0.0833. The van der Waals surface area contributed by atoms with Crippen molar-refractivity contribution in [3.8, 4) is 22.9 Å². The van der Waals surface area contributed by atoms with Gasteiger partial charge in [0.1, 0.15) is 29.5 Å². The SMILES string of the molecule is C[C@@H](Nc1nc(N)ncc1C#N)c1nc2cccc(-c3cnoc3)c2c(=O)n1-c1ccccc1. The molecule has 0 spiro atoms. The zero-order valence-electron chi connectivity index (χ0n) is 18.0. The predicted octanol–water partition coefficient (Wildman–Crippen LogP) is 3.46. The van der Waals surface area contributed by atoms with Crippen molar-refractivity contribution in [2.75, 3.05) is 11.1 Å². The molecule has 0 unspecified atom stereocenters. The number of aromatic nitrogens is 5. The Morgan fingerprint density at radius 2 is 1.94 bits per heavy atom. The molecule has 10 nitrogen and oxygen atoms in total. The highest BCUT2D eigenvalue weighted by molar-refractivity contribution is 5.93. The van der Waals surface area contributed by atoms with Crippen molar-refractivity contribution < 1.29 is 4.52 Å². The zero-order chi connectivity index (χ0) is 23.7. The fourth-order valence-corrected chi connectivity index (χ4v) is 3.80. The molecule has 3 N–H and O–H groups in total. The third kappa shape index (κ3) is 3.61. The number of nitriles is 1. The predicted molar refractivity (Wildman–Crippen MR) is 126 cm³/mol. The van der Waals surface area contributed by atoms with Crippen LogP contribution in [0.5, 0.6) is 0 Å². The van der Waals surface area contributed by atoms with Gasteiger partial charge >= 0.3 is 0 Å². The van der Waals surface area contributed by atoms with Crippen LogP contribution in [0, 0.1) is 11.3 Å². The standard InChI is InChI=1S/C24H18N8O2/c1-14(29-21-15(10-25)11-27-24(26)31-21)22-30-19-9-5-8-18(16-12-28-34-13-16)20(19)23(33)32(22)17-6-3-2-4-7-17/h2-9,11-14H,1H3,(H3,26,27,29,31)/t14-/m1/s1. The van der Waals surface area contributed by atoms with Crippen LogP contribution in [0.25, 0.3) is 27.7 Å². The van der Waals surface area contributed by atoms with E-state index in [9.17, 15) is 10.1 Å². The molecule has 3 heterocycles. The third-order valence-corrected chi connectivity index (χ3v) is 5.35. The molecule has 0 aliphatic heterocycles. The van der Waals surface area contributed by atoms with Gasteiger partial charge in [-0.15, -0.1) is 0 Å². The molecule has 0 saturated heterocycles. The Kier molecular flexibility index (Phi) is 5.20. The van der Waals surface area contributed by atoms with Crippen LogP contribution in [-0.2, 0) is 0 Å². The van der Waals surface area contributed by atoms with E-state index in [1.54, 1.807) is 16.8 Å². The van der Waals surface area contributed by atoms with E-state index in [1.165, 1.54) is 12.5 Å². The number of rotatable bonds is 5. The number of hydrogen-bond acceptors (Lipinski definition) is 9. The van der Waals surface area contributed by atoms with Crippen molar-refractivity contribution in [1.29, 1.82) is 5.26 Å². The van der Waals surface area contributed by atoms with E-state index < -0.39 is 6.04 Å². The molecular weight excluding hydrogens is 432 g/mol. The number of nitrogen functional groups attached to an aromatic ring is 1. The van der Waals surface area contributed by atoms with E-state index in [0.29, 0.717) is 33.5 Å². The second-order valence-electron chi connectivity index (χ2n) is 7.53. The quantitative estimate of drug-likeness (QED) is 0.410. The molecule has 1 atom stereocenters. The molecule has 0 radical (unpaired) electrons. The molecule has 10 heteroatoms. The van der Waals surface area contributed by atoms with Gasteiger partial charge in [0.2, 0.25) is 5.95 Å². The van der Waals surface area contributed by atoms with Gasteiger partial charge in [-0.3, -0.25) is 9.36 Å². The minimum absolute atomic E-state index is 0.0268. The monoisotopic (exact) mass is 450 g/mol. The van der Waals surface area contributed by atoms with Crippen LogP contribution in [0.15, 0.2) is 76.5 Å². The average molecular weight is 450 g/mol. The molecule has 0 fully saturated rings. The molecule has 0 aliphatic carbocycles. The van der Waals surface area contributed by atoms with Crippen molar-refractivity contribution in [3.63, 3.8) is 0 Å². The van der Waals surface area contributed by atoms with Crippen LogP contribution >= 0.6 is 0 Å². The first kappa shape index (κ1) is 20.8. The minimum atomic E-state index is -0.516. The van der Waals surface area contributed by atoms with E-state index in [-0.39, 0.29) is 22.9 Å². The summed E-state index contributed by atoms with van der Waals surface area (Å²) >= 11 is 0. The number of benzene rings is 2. The number of para-hydroxylation sites is 1. The van der Waals surface area contributed by atoms with Gasteiger partial charge in [0, 0.05) is 11.1 Å². The van der Waals surface area contributed by atoms with E-state index >= 15 is 0 Å². The van der Waals surface area contributed by atoms with Crippen molar-refractivity contribution >= 4 is 22.7 Å². The molecule has 5 aromatic rings. The Morgan fingerprint density at radius 3 is 2.68 bits per heavy atom. The van der Waals surface area contributed by atoms with Crippen LogP contribution in [-0.4, -0.2) is 24.7 Å². The van der Waals surface area contributed by atoms with Gasteiger partial charge in [0.05, 0.1) is 35.0 Å². The Hall–Kier alpha value is -5.04. The van der Waals surface area contributed by atoms with Crippen molar-refractivity contribution in [2.24, 2.45) is 0 Å². The number of nitrogens with zero attached hydrogens (tertiary/aromatic N) is 6.